The van der Waals surface area contributed by atoms with Crippen LogP contribution in [0.5, 0.6) is 0 Å². The lowest BCUT2D eigenvalue weighted by Gasteiger charge is -2.09. The van der Waals surface area contributed by atoms with Crippen LogP contribution in [-0.4, -0.2) is 6.04 Å². The fourth-order valence-electron chi connectivity index (χ4n) is 1.44. The zero-order valence-corrected chi connectivity index (χ0v) is 9.55. The molecule has 0 aliphatic rings. The molecule has 1 nitrogen and oxygen atoms in total. The summed E-state index contributed by atoms with van der Waals surface area (Å²) in [6, 6.07) is 8.65. The quantitative estimate of drug-likeness (QED) is 0.862. The summed E-state index contributed by atoms with van der Waals surface area (Å²) in [6.07, 6.45) is 3.25. The average Bonchev–Trinajstić information content (AvgIpc) is 2.04. The van der Waals surface area contributed by atoms with Gasteiger partial charge >= 0.3 is 0 Å². The van der Waals surface area contributed by atoms with Crippen LogP contribution in [0.2, 0.25) is 0 Å². The lowest BCUT2D eigenvalue weighted by molar-refractivity contribution is 0.600. The van der Waals surface area contributed by atoms with Gasteiger partial charge in [0.2, 0.25) is 0 Å². The lowest BCUT2D eigenvalue weighted by atomic mass is 10.0. The van der Waals surface area contributed by atoms with Crippen molar-refractivity contribution < 1.29 is 0 Å². The smallest absolute Gasteiger partial charge is 0.0178 e. The van der Waals surface area contributed by atoms with E-state index >= 15 is 0 Å². The number of nitrogens with two attached hydrogens (primary N) is 1. The predicted molar refractivity (Wildman–Crippen MR) is 60.7 cm³/mol. The number of hydrogen-bond donors (Lipinski definition) is 1. The summed E-state index contributed by atoms with van der Waals surface area (Å²) in [6.45, 7) is 2.17. The Balaban J connectivity index is 2.53. The maximum absolute atomic E-state index is 5.95. The van der Waals surface area contributed by atoms with Gasteiger partial charge in [-0.1, -0.05) is 41.4 Å². The molecule has 0 radical (unpaired) electrons. The molecule has 72 valence electrons. The maximum Gasteiger partial charge on any atom is 0.0178 e. The third-order valence-electron chi connectivity index (χ3n) is 2.05. The minimum absolute atomic E-state index is 0.305. The first-order valence-electron chi connectivity index (χ1n) is 4.72. The van der Waals surface area contributed by atoms with Crippen molar-refractivity contribution in [2.45, 2.75) is 32.2 Å². The Bertz CT molecular complexity index is 260. The first-order chi connectivity index (χ1) is 6.22. The Kier molecular flexibility index (Phi) is 4.46. The van der Waals surface area contributed by atoms with E-state index in [9.17, 15) is 0 Å². The fraction of sp³-hybridized carbons (Fsp3) is 0.455. The van der Waals surface area contributed by atoms with Gasteiger partial charge < -0.3 is 5.73 Å². The van der Waals surface area contributed by atoms with Crippen LogP contribution in [0.3, 0.4) is 0 Å². The summed E-state index contributed by atoms with van der Waals surface area (Å²) in [7, 11) is 0. The maximum atomic E-state index is 5.95. The highest BCUT2D eigenvalue weighted by molar-refractivity contribution is 9.10. The standard InChI is InChI=1S/C11H16BrN/c1-2-4-11(13)8-9-5-3-6-10(12)7-9/h3,5-7,11H,2,4,8,13H2,1H3/t11-/m1/s1. The molecule has 2 heteroatoms. The number of rotatable bonds is 4. The second-order valence-corrected chi connectivity index (χ2v) is 4.30. The summed E-state index contributed by atoms with van der Waals surface area (Å²) in [4.78, 5) is 0. The van der Waals surface area contributed by atoms with Gasteiger partial charge in [-0.15, -0.1) is 0 Å². The first-order valence-corrected chi connectivity index (χ1v) is 5.51. The molecule has 0 aliphatic heterocycles. The van der Waals surface area contributed by atoms with Gasteiger partial charge in [0.05, 0.1) is 0 Å². The highest BCUT2D eigenvalue weighted by atomic mass is 79.9. The van der Waals surface area contributed by atoms with Crippen LogP contribution in [0.1, 0.15) is 25.3 Å². The molecule has 0 amide bonds. The minimum Gasteiger partial charge on any atom is -0.327 e. The van der Waals surface area contributed by atoms with Crippen molar-refractivity contribution in [3.63, 3.8) is 0 Å². The van der Waals surface area contributed by atoms with Gasteiger partial charge in [0.1, 0.15) is 0 Å². The van der Waals surface area contributed by atoms with Crippen LogP contribution < -0.4 is 5.73 Å². The van der Waals surface area contributed by atoms with Gasteiger partial charge in [0.15, 0.2) is 0 Å². The van der Waals surface area contributed by atoms with E-state index < -0.39 is 0 Å². The molecule has 1 atom stereocenters. The van der Waals surface area contributed by atoms with Crippen molar-refractivity contribution in [1.29, 1.82) is 0 Å². The van der Waals surface area contributed by atoms with E-state index in [1.54, 1.807) is 0 Å². The summed E-state index contributed by atoms with van der Waals surface area (Å²) in [5.41, 5.74) is 7.27. The molecule has 0 heterocycles. The SMILES string of the molecule is CCC[C@@H](N)Cc1cccc(Br)c1. The zero-order valence-electron chi connectivity index (χ0n) is 7.96. The summed E-state index contributed by atoms with van der Waals surface area (Å²) in [5.74, 6) is 0. The number of hydrogen-bond acceptors (Lipinski definition) is 1. The predicted octanol–water partition coefficient (Wildman–Crippen LogP) is 3.12. The second kappa shape index (κ2) is 5.40. The van der Waals surface area contributed by atoms with E-state index in [0.717, 1.165) is 23.7 Å². The zero-order chi connectivity index (χ0) is 9.68. The largest absolute Gasteiger partial charge is 0.327 e. The van der Waals surface area contributed by atoms with E-state index in [2.05, 4.69) is 41.1 Å². The second-order valence-electron chi connectivity index (χ2n) is 3.38. The van der Waals surface area contributed by atoms with Crippen LogP contribution in [0, 0.1) is 0 Å². The third kappa shape index (κ3) is 3.92. The van der Waals surface area contributed by atoms with Gasteiger partial charge in [-0.25, -0.2) is 0 Å². The number of halogens is 1. The highest BCUT2D eigenvalue weighted by Crippen LogP contribution is 2.13. The van der Waals surface area contributed by atoms with Crippen molar-refractivity contribution in [3.05, 3.63) is 34.3 Å². The molecule has 2 N–H and O–H groups in total. The Morgan fingerprint density at radius 1 is 1.46 bits per heavy atom. The van der Waals surface area contributed by atoms with Gasteiger partial charge in [0.25, 0.3) is 0 Å². The Morgan fingerprint density at radius 3 is 2.85 bits per heavy atom. The van der Waals surface area contributed by atoms with Crippen molar-refractivity contribution in [2.75, 3.05) is 0 Å². The van der Waals surface area contributed by atoms with E-state index in [-0.39, 0.29) is 0 Å². The normalized spacial score (nSPS) is 12.8. The highest BCUT2D eigenvalue weighted by Gasteiger charge is 2.02. The molecule has 1 aromatic rings. The lowest BCUT2D eigenvalue weighted by Crippen LogP contribution is -2.22. The van der Waals surface area contributed by atoms with Crippen molar-refractivity contribution in [2.24, 2.45) is 5.73 Å². The van der Waals surface area contributed by atoms with E-state index in [4.69, 9.17) is 5.73 Å². The molecule has 0 unspecified atom stereocenters. The monoisotopic (exact) mass is 241 g/mol. The molecule has 0 saturated heterocycles. The van der Waals surface area contributed by atoms with Crippen molar-refractivity contribution >= 4 is 15.9 Å². The minimum atomic E-state index is 0.305. The molecule has 0 spiro atoms. The molecular weight excluding hydrogens is 226 g/mol. The van der Waals surface area contributed by atoms with Crippen LogP contribution in [0.25, 0.3) is 0 Å². The van der Waals surface area contributed by atoms with Crippen molar-refractivity contribution in [3.8, 4) is 0 Å². The van der Waals surface area contributed by atoms with Gasteiger partial charge in [-0.2, -0.15) is 0 Å². The van der Waals surface area contributed by atoms with Crippen LogP contribution in [0.4, 0.5) is 0 Å². The Morgan fingerprint density at radius 2 is 2.23 bits per heavy atom. The van der Waals surface area contributed by atoms with Gasteiger partial charge in [-0.05, 0) is 30.5 Å². The van der Waals surface area contributed by atoms with E-state index in [1.165, 1.54) is 5.56 Å². The molecule has 1 rings (SSSR count). The molecule has 1 aromatic carbocycles. The Hall–Kier alpha value is -0.340. The molecule has 13 heavy (non-hydrogen) atoms. The molecule has 0 aliphatic carbocycles. The van der Waals surface area contributed by atoms with Gasteiger partial charge in [0, 0.05) is 10.5 Å². The Labute approximate surface area is 88.5 Å². The topological polar surface area (TPSA) is 26.0 Å². The average molecular weight is 242 g/mol. The molecule has 0 bridgehead atoms. The van der Waals surface area contributed by atoms with Crippen LogP contribution in [-0.2, 0) is 6.42 Å². The summed E-state index contributed by atoms with van der Waals surface area (Å²) >= 11 is 3.45. The van der Waals surface area contributed by atoms with E-state index in [0.29, 0.717) is 6.04 Å². The molecule has 0 fully saturated rings. The fourth-order valence-corrected chi connectivity index (χ4v) is 1.89. The van der Waals surface area contributed by atoms with Gasteiger partial charge in [-0.3, -0.25) is 0 Å². The van der Waals surface area contributed by atoms with E-state index in [1.807, 2.05) is 6.07 Å². The van der Waals surface area contributed by atoms with Crippen molar-refractivity contribution in [1.82, 2.24) is 0 Å². The third-order valence-corrected chi connectivity index (χ3v) is 2.54. The summed E-state index contributed by atoms with van der Waals surface area (Å²) < 4.78 is 1.13. The first kappa shape index (κ1) is 10.7. The molecule has 0 aromatic heterocycles. The van der Waals surface area contributed by atoms with Crippen LogP contribution >= 0.6 is 15.9 Å². The molecule has 0 saturated carbocycles. The molecular formula is C11H16BrN. The summed E-state index contributed by atoms with van der Waals surface area (Å²) in [5, 5.41) is 0. The number of benzene rings is 1. The van der Waals surface area contributed by atoms with Crippen LogP contribution in [0.15, 0.2) is 28.7 Å².